The molecule has 2 aromatic rings. The Bertz CT molecular complexity index is 1340. The fraction of sp³-hybridized carbons (Fsp3) is 0.407. The number of carbonyl (C=O) groups excluding carboxylic acids is 1. The minimum atomic E-state index is -1.47. The highest BCUT2D eigenvalue weighted by Gasteiger charge is 2.68. The molecule has 7 nitrogen and oxygen atoms in total. The summed E-state index contributed by atoms with van der Waals surface area (Å²) in [6.07, 6.45) is 2.84. The van der Waals surface area contributed by atoms with Crippen LogP contribution in [0.3, 0.4) is 0 Å². The second kappa shape index (κ2) is 10.1. The largest absolute Gasteiger partial charge is 0.378 e. The van der Waals surface area contributed by atoms with Gasteiger partial charge < -0.3 is 15.4 Å². The Kier molecular flexibility index (Phi) is 6.89. The van der Waals surface area contributed by atoms with E-state index in [-0.39, 0.29) is 22.6 Å². The predicted molar refractivity (Wildman–Crippen MR) is 136 cm³/mol. The number of pyridine rings is 1. The number of hydrogen-bond acceptors (Lipinski definition) is 7. The first-order chi connectivity index (χ1) is 17.9. The number of nitrogens with zero attached hydrogens (tertiary/aromatic N) is 4. The van der Waals surface area contributed by atoms with Crippen LogP contribution in [0.15, 0.2) is 41.5 Å². The van der Waals surface area contributed by atoms with Gasteiger partial charge in [0.1, 0.15) is 29.8 Å². The molecule has 5 rings (SSSR count). The molecule has 10 heteroatoms. The molecule has 3 atom stereocenters. The first-order valence-corrected chi connectivity index (χ1v) is 12.8. The number of rotatable bonds is 5. The molecule has 0 bridgehead atoms. The summed E-state index contributed by atoms with van der Waals surface area (Å²) in [5, 5.41) is 9.11. The van der Waals surface area contributed by atoms with Crippen LogP contribution in [0.25, 0.3) is 0 Å². The smallest absolute Gasteiger partial charge is 0.222 e. The third kappa shape index (κ3) is 4.92. The molecular weight excluding hydrogens is 496 g/mol. The summed E-state index contributed by atoms with van der Waals surface area (Å²) in [5.41, 5.74) is 6.18. The van der Waals surface area contributed by atoms with Crippen LogP contribution in [0.4, 0.5) is 8.78 Å². The van der Waals surface area contributed by atoms with Gasteiger partial charge in [-0.15, -0.1) is 0 Å². The number of halogens is 2. The Hall–Kier alpha value is -3.47. The Morgan fingerprint density at radius 3 is 2.73 bits per heavy atom. The number of alkyl halides is 1. The molecular formula is C27H25F2N5O2S. The van der Waals surface area contributed by atoms with Crippen molar-refractivity contribution in [1.82, 2.24) is 9.88 Å². The molecule has 2 aliphatic heterocycles. The fourth-order valence-electron chi connectivity index (χ4n) is 5.17. The fourth-order valence-corrected chi connectivity index (χ4v) is 6.59. The van der Waals surface area contributed by atoms with E-state index in [4.69, 9.17) is 15.7 Å². The maximum absolute atomic E-state index is 15.2. The zero-order chi connectivity index (χ0) is 26.0. The molecule has 1 aliphatic carbocycles. The summed E-state index contributed by atoms with van der Waals surface area (Å²) in [5.74, 6) is 5.00. The van der Waals surface area contributed by atoms with E-state index in [1.165, 1.54) is 36.2 Å². The lowest BCUT2D eigenvalue weighted by atomic mass is 9.83. The molecule has 0 spiro atoms. The summed E-state index contributed by atoms with van der Waals surface area (Å²) < 4.78 is 34.9. The molecule has 37 heavy (non-hydrogen) atoms. The van der Waals surface area contributed by atoms with Gasteiger partial charge in [-0.25, -0.2) is 18.8 Å². The number of morpholine rings is 1. The van der Waals surface area contributed by atoms with E-state index in [9.17, 15) is 9.18 Å². The number of fused-ring (bicyclic) bond motifs is 1. The molecule has 3 aliphatic rings. The topological polar surface area (TPSA) is 105 Å². The van der Waals surface area contributed by atoms with Crippen molar-refractivity contribution in [3.63, 3.8) is 0 Å². The normalized spacial score (nSPS) is 26.2. The second-order valence-electron chi connectivity index (χ2n) is 9.41. The average Bonchev–Trinajstić information content (AvgIpc) is 3.66. The highest BCUT2D eigenvalue weighted by Crippen LogP contribution is 2.68. The second-order valence-corrected chi connectivity index (χ2v) is 10.8. The van der Waals surface area contributed by atoms with Gasteiger partial charge in [-0.2, -0.15) is 5.26 Å². The molecule has 0 unspecified atom stereocenters. The molecule has 2 fully saturated rings. The highest BCUT2D eigenvalue weighted by molar-refractivity contribution is 8.15. The average molecular weight is 522 g/mol. The van der Waals surface area contributed by atoms with Crippen molar-refractivity contribution in [3.05, 3.63) is 64.7 Å². The molecule has 1 aromatic heterocycles. The summed E-state index contributed by atoms with van der Waals surface area (Å²) in [7, 11) is 0. The molecule has 2 N–H and O–H groups in total. The zero-order valence-corrected chi connectivity index (χ0v) is 20.9. The summed E-state index contributed by atoms with van der Waals surface area (Å²) >= 11 is 1.37. The maximum Gasteiger partial charge on any atom is 0.222 e. The van der Waals surface area contributed by atoms with Crippen LogP contribution in [0.5, 0.6) is 0 Å². The number of amides is 1. The number of nitrogens with two attached hydrogens (primary N) is 1. The minimum Gasteiger partial charge on any atom is -0.378 e. The number of amidine groups is 1. The molecule has 3 heterocycles. The minimum absolute atomic E-state index is 0.0377. The Morgan fingerprint density at radius 2 is 2.03 bits per heavy atom. The molecule has 1 saturated heterocycles. The van der Waals surface area contributed by atoms with Gasteiger partial charge in [0.05, 0.1) is 18.8 Å². The number of thioether (sulfide) groups is 1. The van der Waals surface area contributed by atoms with E-state index in [0.29, 0.717) is 62.4 Å². The van der Waals surface area contributed by atoms with Crippen molar-refractivity contribution < 1.29 is 18.3 Å². The van der Waals surface area contributed by atoms with E-state index in [1.807, 2.05) is 6.07 Å². The van der Waals surface area contributed by atoms with Gasteiger partial charge in [0.15, 0.2) is 5.17 Å². The standard InChI is InChI=1S/C27H25F2N5O2S/c28-17-27(21-13-18(3-6-22(21)29)1-4-20-5-2-19(15-30)16-32-20)23-14-26(23,37-25(31)33-27)8-7-24(35)34-9-11-36-12-10-34/h2-3,5-6,13,16,23H,7-12,14,17H2,(H2,31,33)/t23-,26+,27-/m1/s1. The molecule has 1 saturated carbocycles. The number of aliphatic imine (C=N–C) groups is 1. The van der Waals surface area contributed by atoms with E-state index in [1.54, 1.807) is 17.0 Å². The van der Waals surface area contributed by atoms with Crippen LogP contribution in [-0.4, -0.2) is 58.7 Å². The molecule has 1 amide bonds. The number of benzene rings is 1. The number of nitriles is 1. The summed E-state index contributed by atoms with van der Waals surface area (Å²) in [4.78, 5) is 23.1. The number of carbonyl (C=O) groups is 1. The van der Waals surface area contributed by atoms with E-state index in [0.717, 1.165) is 0 Å². The quantitative estimate of drug-likeness (QED) is 0.607. The Balaban J connectivity index is 1.39. The van der Waals surface area contributed by atoms with E-state index >= 15 is 4.39 Å². The summed E-state index contributed by atoms with van der Waals surface area (Å²) in [6.45, 7) is 1.27. The number of ether oxygens (including phenoxy) is 1. The van der Waals surface area contributed by atoms with Crippen molar-refractivity contribution in [2.45, 2.75) is 29.5 Å². The molecule has 0 radical (unpaired) electrons. The third-order valence-corrected chi connectivity index (χ3v) is 8.57. The zero-order valence-electron chi connectivity index (χ0n) is 20.0. The van der Waals surface area contributed by atoms with E-state index < -0.39 is 22.8 Å². The van der Waals surface area contributed by atoms with Crippen LogP contribution >= 0.6 is 11.8 Å². The van der Waals surface area contributed by atoms with Gasteiger partial charge in [-0.1, -0.05) is 17.7 Å². The van der Waals surface area contributed by atoms with Crippen LogP contribution < -0.4 is 5.73 Å². The lowest BCUT2D eigenvalue weighted by Crippen LogP contribution is -2.42. The van der Waals surface area contributed by atoms with Crippen molar-refractivity contribution in [1.29, 1.82) is 5.26 Å². The van der Waals surface area contributed by atoms with Crippen molar-refractivity contribution >= 4 is 22.8 Å². The van der Waals surface area contributed by atoms with Gasteiger partial charge in [0.2, 0.25) is 5.91 Å². The van der Waals surface area contributed by atoms with Gasteiger partial charge in [-0.05, 0) is 49.1 Å². The third-order valence-electron chi connectivity index (χ3n) is 7.21. The Labute approximate surface area is 218 Å². The number of hydrogen-bond donors (Lipinski definition) is 1. The maximum atomic E-state index is 15.2. The van der Waals surface area contributed by atoms with Crippen molar-refractivity contribution in [2.24, 2.45) is 16.6 Å². The van der Waals surface area contributed by atoms with Crippen LogP contribution in [0.2, 0.25) is 0 Å². The van der Waals surface area contributed by atoms with Crippen LogP contribution in [0.1, 0.15) is 41.6 Å². The van der Waals surface area contributed by atoms with Crippen LogP contribution in [-0.2, 0) is 15.1 Å². The van der Waals surface area contributed by atoms with Gasteiger partial charge >= 0.3 is 0 Å². The van der Waals surface area contributed by atoms with Gasteiger partial charge in [0, 0.05) is 47.5 Å². The van der Waals surface area contributed by atoms with Crippen LogP contribution in [0, 0.1) is 34.9 Å². The monoisotopic (exact) mass is 521 g/mol. The Morgan fingerprint density at radius 1 is 1.24 bits per heavy atom. The first kappa shape index (κ1) is 25.2. The molecule has 1 aromatic carbocycles. The predicted octanol–water partition coefficient (Wildman–Crippen LogP) is 3.12. The van der Waals surface area contributed by atoms with Gasteiger partial charge in [-0.3, -0.25) is 4.79 Å². The van der Waals surface area contributed by atoms with Gasteiger partial charge in [0.25, 0.3) is 0 Å². The number of aromatic nitrogens is 1. The SMILES string of the molecule is N#Cc1ccc(C#Cc2ccc(F)c([C@@]3(CF)N=C(N)S[C@@]4(CCC(=O)N5CCOCC5)C[C@H]43)c2)nc1. The van der Waals surface area contributed by atoms with E-state index in [2.05, 4.69) is 21.8 Å². The first-order valence-electron chi connectivity index (χ1n) is 12.0. The van der Waals surface area contributed by atoms with Crippen molar-refractivity contribution in [2.75, 3.05) is 33.0 Å². The van der Waals surface area contributed by atoms with Crippen molar-refractivity contribution in [3.8, 4) is 17.9 Å². The lowest BCUT2D eigenvalue weighted by molar-refractivity contribution is -0.135. The molecule has 190 valence electrons. The lowest BCUT2D eigenvalue weighted by Gasteiger charge is -2.35. The summed E-state index contributed by atoms with van der Waals surface area (Å²) in [6, 6.07) is 9.55. The highest BCUT2D eigenvalue weighted by atomic mass is 32.2.